The Kier molecular flexibility index (Phi) is 4.27. The van der Waals surface area contributed by atoms with E-state index in [-0.39, 0.29) is 11.8 Å². The highest BCUT2D eigenvalue weighted by molar-refractivity contribution is 7.80. The monoisotopic (exact) mass is 358 g/mol. The fourth-order valence-corrected chi connectivity index (χ4v) is 3.75. The summed E-state index contributed by atoms with van der Waals surface area (Å²) < 4.78 is 0. The molecule has 0 amide bonds. The second kappa shape index (κ2) is 6.73. The second-order valence-electron chi connectivity index (χ2n) is 6.33. The molecule has 3 aromatic carbocycles. The van der Waals surface area contributed by atoms with Crippen molar-refractivity contribution in [2.45, 2.75) is 13.0 Å². The van der Waals surface area contributed by atoms with Gasteiger partial charge in [0.05, 0.1) is 6.04 Å². The molecule has 0 saturated heterocycles. The molecular formula is C22H18N2OS. The molecule has 0 unspecified atom stereocenters. The quantitative estimate of drug-likeness (QED) is 0.534. The van der Waals surface area contributed by atoms with Crippen LogP contribution < -0.4 is 10.6 Å². The van der Waals surface area contributed by atoms with Crippen LogP contribution in [0.3, 0.4) is 0 Å². The van der Waals surface area contributed by atoms with E-state index in [1.54, 1.807) is 0 Å². The third-order valence-corrected chi connectivity index (χ3v) is 4.90. The van der Waals surface area contributed by atoms with Crippen LogP contribution in [0.15, 0.2) is 84.1 Å². The molecule has 0 aliphatic carbocycles. The van der Waals surface area contributed by atoms with Gasteiger partial charge < -0.3 is 10.6 Å². The van der Waals surface area contributed by atoms with Crippen LogP contribution in [-0.4, -0.2) is 10.9 Å². The number of fused-ring (bicyclic) bond motifs is 1. The van der Waals surface area contributed by atoms with Gasteiger partial charge in [-0.25, -0.2) is 0 Å². The Morgan fingerprint density at radius 1 is 0.923 bits per heavy atom. The Balaban J connectivity index is 1.89. The van der Waals surface area contributed by atoms with Crippen LogP contribution in [0.25, 0.3) is 10.8 Å². The van der Waals surface area contributed by atoms with E-state index in [0.717, 1.165) is 22.0 Å². The minimum Gasteiger partial charge on any atom is -0.351 e. The summed E-state index contributed by atoms with van der Waals surface area (Å²) >= 11 is 5.37. The first-order valence-electron chi connectivity index (χ1n) is 8.51. The Morgan fingerprint density at radius 2 is 1.62 bits per heavy atom. The second-order valence-corrected chi connectivity index (χ2v) is 6.74. The summed E-state index contributed by atoms with van der Waals surface area (Å²) in [5.41, 5.74) is 3.20. The lowest BCUT2D eigenvalue weighted by atomic mass is 9.87. The summed E-state index contributed by atoms with van der Waals surface area (Å²) in [5.74, 6) is 0.00327. The first-order chi connectivity index (χ1) is 12.6. The topological polar surface area (TPSA) is 41.1 Å². The molecule has 3 aromatic rings. The third-order valence-electron chi connectivity index (χ3n) is 4.68. The van der Waals surface area contributed by atoms with E-state index in [1.165, 1.54) is 0 Å². The molecule has 128 valence electrons. The number of nitrogens with one attached hydrogen (secondary N) is 2. The van der Waals surface area contributed by atoms with Crippen molar-refractivity contribution >= 4 is 33.9 Å². The van der Waals surface area contributed by atoms with E-state index in [4.69, 9.17) is 12.2 Å². The smallest absolute Gasteiger partial charge is 0.193 e. The standard InChI is InChI=1S/C22H18N2OS/c1-14-19(21(25)16-9-3-2-4-10-16)20(24-22(26)23-14)18-13-7-11-15-8-5-6-12-17(15)18/h2-13,20H,1H3,(H2,23,24,26)/t20-/m0/s1. The van der Waals surface area contributed by atoms with Crippen LogP contribution in [0.1, 0.15) is 28.9 Å². The van der Waals surface area contributed by atoms with Crippen LogP contribution in [-0.2, 0) is 0 Å². The number of Topliss-reactive ketones (excluding diaryl/α,β-unsaturated/α-hetero) is 1. The predicted molar refractivity (Wildman–Crippen MR) is 109 cm³/mol. The third kappa shape index (κ3) is 2.89. The molecule has 26 heavy (non-hydrogen) atoms. The number of allylic oxidation sites excluding steroid dienone is 1. The summed E-state index contributed by atoms with van der Waals surface area (Å²) in [6, 6.07) is 23.4. The van der Waals surface area contributed by atoms with Gasteiger partial charge >= 0.3 is 0 Å². The zero-order valence-electron chi connectivity index (χ0n) is 14.3. The fourth-order valence-electron chi connectivity index (χ4n) is 3.48. The summed E-state index contributed by atoms with van der Waals surface area (Å²) in [4.78, 5) is 13.3. The number of carbonyl (C=O) groups excluding carboxylic acids is 1. The van der Waals surface area contributed by atoms with Crippen LogP contribution in [0.4, 0.5) is 0 Å². The highest BCUT2D eigenvalue weighted by atomic mass is 32.1. The van der Waals surface area contributed by atoms with E-state index in [9.17, 15) is 4.79 Å². The summed E-state index contributed by atoms with van der Waals surface area (Å²) in [5, 5.41) is 9.19. The largest absolute Gasteiger partial charge is 0.351 e. The molecule has 2 N–H and O–H groups in total. The Labute approximate surface area is 157 Å². The summed E-state index contributed by atoms with van der Waals surface area (Å²) in [6.07, 6.45) is 0. The van der Waals surface area contributed by atoms with E-state index in [0.29, 0.717) is 16.2 Å². The van der Waals surface area contributed by atoms with Gasteiger partial charge in [-0.15, -0.1) is 0 Å². The highest BCUT2D eigenvalue weighted by Gasteiger charge is 2.31. The van der Waals surface area contributed by atoms with Gasteiger partial charge in [0.25, 0.3) is 0 Å². The van der Waals surface area contributed by atoms with Gasteiger partial charge in [-0.3, -0.25) is 4.79 Å². The van der Waals surface area contributed by atoms with Crippen LogP contribution >= 0.6 is 12.2 Å². The first-order valence-corrected chi connectivity index (χ1v) is 8.91. The number of thiocarbonyl (C=S) groups is 1. The van der Waals surface area contributed by atoms with E-state index in [2.05, 4.69) is 34.9 Å². The van der Waals surface area contributed by atoms with Gasteiger partial charge in [-0.05, 0) is 35.5 Å². The molecule has 1 aliphatic rings. The first kappa shape index (κ1) is 16.5. The van der Waals surface area contributed by atoms with E-state index < -0.39 is 0 Å². The molecule has 1 heterocycles. The minimum atomic E-state index is -0.289. The van der Waals surface area contributed by atoms with E-state index >= 15 is 0 Å². The molecule has 4 rings (SSSR count). The average molecular weight is 358 g/mol. The average Bonchev–Trinajstić information content (AvgIpc) is 2.67. The van der Waals surface area contributed by atoms with Gasteiger partial charge in [-0.1, -0.05) is 72.8 Å². The van der Waals surface area contributed by atoms with Gasteiger partial charge in [0.2, 0.25) is 0 Å². The van der Waals surface area contributed by atoms with E-state index in [1.807, 2.05) is 55.5 Å². The lowest BCUT2D eigenvalue weighted by molar-refractivity contribution is 0.102. The molecule has 1 atom stereocenters. The van der Waals surface area contributed by atoms with Crippen molar-refractivity contribution in [1.29, 1.82) is 0 Å². The van der Waals surface area contributed by atoms with Crippen molar-refractivity contribution in [3.8, 4) is 0 Å². The number of rotatable bonds is 3. The number of hydrogen-bond acceptors (Lipinski definition) is 2. The maximum absolute atomic E-state index is 13.3. The summed E-state index contributed by atoms with van der Waals surface area (Å²) in [6.45, 7) is 1.90. The van der Waals surface area contributed by atoms with Gasteiger partial charge in [-0.2, -0.15) is 0 Å². The lowest BCUT2D eigenvalue weighted by Crippen LogP contribution is -2.45. The highest BCUT2D eigenvalue weighted by Crippen LogP contribution is 2.33. The van der Waals surface area contributed by atoms with Crippen molar-refractivity contribution in [3.63, 3.8) is 0 Å². The molecule has 3 nitrogen and oxygen atoms in total. The zero-order chi connectivity index (χ0) is 18.1. The lowest BCUT2D eigenvalue weighted by Gasteiger charge is -2.31. The fraction of sp³-hybridized carbons (Fsp3) is 0.0909. The Hall–Kier alpha value is -2.98. The normalized spacial score (nSPS) is 17.0. The number of carbonyl (C=O) groups is 1. The van der Waals surface area contributed by atoms with Crippen molar-refractivity contribution in [1.82, 2.24) is 10.6 Å². The molecule has 0 bridgehead atoms. The maximum atomic E-state index is 13.3. The molecule has 0 fully saturated rings. The summed E-state index contributed by atoms with van der Waals surface area (Å²) in [7, 11) is 0. The molecule has 0 saturated carbocycles. The van der Waals surface area contributed by atoms with Crippen LogP contribution in [0, 0.1) is 0 Å². The van der Waals surface area contributed by atoms with Crippen molar-refractivity contribution in [2.75, 3.05) is 0 Å². The number of benzene rings is 3. The van der Waals surface area contributed by atoms with Crippen molar-refractivity contribution in [2.24, 2.45) is 0 Å². The van der Waals surface area contributed by atoms with Gasteiger partial charge in [0.15, 0.2) is 10.9 Å². The maximum Gasteiger partial charge on any atom is 0.193 e. The molecular weight excluding hydrogens is 340 g/mol. The number of ketones is 1. The molecule has 0 aromatic heterocycles. The molecule has 4 heteroatoms. The van der Waals surface area contributed by atoms with Gasteiger partial charge in [0, 0.05) is 16.8 Å². The van der Waals surface area contributed by atoms with Crippen LogP contribution in [0.2, 0.25) is 0 Å². The number of hydrogen-bond donors (Lipinski definition) is 2. The molecule has 1 aliphatic heterocycles. The zero-order valence-corrected chi connectivity index (χ0v) is 15.1. The predicted octanol–water partition coefficient (Wildman–Crippen LogP) is 4.52. The molecule has 0 spiro atoms. The minimum absolute atomic E-state index is 0.00327. The SMILES string of the molecule is CC1=C(C(=O)c2ccccc2)[C@H](c2cccc3ccccc23)NC(=S)N1. The Bertz CT molecular complexity index is 1030. The molecule has 0 radical (unpaired) electrons. The van der Waals surface area contributed by atoms with Crippen molar-refractivity contribution < 1.29 is 4.79 Å². The van der Waals surface area contributed by atoms with Gasteiger partial charge in [0.1, 0.15) is 0 Å². The Morgan fingerprint density at radius 3 is 2.42 bits per heavy atom. The van der Waals surface area contributed by atoms with Crippen molar-refractivity contribution in [3.05, 3.63) is 95.2 Å². The van der Waals surface area contributed by atoms with Crippen LogP contribution in [0.5, 0.6) is 0 Å².